The summed E-state index contributed by atoms with van der Waals surface area (Å²) >= 11 is 0. The molecule has 0 radical (unpaired) electrons. The van der Waals surface area contributed by atoms with Gasteiger partial charge in [-0.15, -0.1) is 0 Å². The van der Waals surface area contributed by atoms with Gasteiger partial charge in [0.2, 0.25) is 0 Å². The van der Waals surface area contributed by atoms with Crippen LogP contribution >= 0.6 is 0 Å². The maximum atomic E-state index is 10.5. The second kappa shape index (κ2) is 4.57. The lowest BCUT2D eigenvalue weighted by Gasteiger charge is -2.30. The molecule has 0 saturated heterocycles. The monoisotopic (exact) mass is 202 g/mol. The predicted octanol–water partition coefficient (Wildman–Crippen LogP) is 0.990. The third-order valence-electron chi connectivity index (χ3n) is 2.44. The maximum Gasteiger partial charge on any atom is 0.306 e. The van der Waals surface area contributed by atoms with Gasteiger partial charge < -0.3 is 15.3 Å². The molecule has 0 bridgehead atoms. The molecule has 0 aromatic heterocycles. The van der Waals surface area contributed by atoms with Crippen LogP contribution < -0.4 is 0 Å². The summed E-state index contributed by atoms with van der Waals surface area (Å²) in [6.45, 7) is 8.08. The van der Waals surface area contributed by atoms with E-state index >= 15 is 0 Å². The van der Waals surface area contributed by atoms with Gasteiger partial charge in [0.15, 0.2) is 5.79 Å². The first-order valence-corrected chi connectivity index (χ1v) is 4.53. The molecule has 0 amide bonds. The van der Waals surface area contributed by atoms with E-state index in [4.69, 9.17) is 5.11 Å². The molecule has 4 heteroatoms. The van der Waals surface area contributed by atoms with Gasteiger partial charge in [-0.1, -0.05) is 20.4 Å². The summed E-state index contributed by atoms with van der Waals surface area (Å²) in [5.41, 5.74) is 0.225. The van der Waals surface area contributed by atoms with E-state index in [1.54, 1.807) is 6.92 Å². The molecule has 0 spiro atoms. The third-order valence-corrected chi connectivity index (χ3v) is 2.44. The highest BCUT2D eigenvalue weighted by Gasteiger charge is 2.33. The summed E-state index contributed by atoms with van der Waals surface area (Å²) in [6, 6.07) is 0. The number of carbonyl (C=O) groups is 1. The fraction of sp³-hybridized carbons (Fsp3) is 0.700. The second-order valence-corrected chi connectivity index (χ2v) is 3.88. The maximum absolute atomic E-state index is 10.5. The number of rotatable bonds is 5. The van der Waals surface area contributed by atoms with E-state index in [1.807, 2.05) is 0 Å². The van der Waals surface area contributed by atoms with Gasteiger partial charge in [-0.25, -0.2) is 0 Å². The summed E-state index contributed by atoms with van der Waals surface area (Å²) in [7, 11) is 0. The highest BCUT2D eigenvalue weighted by Crippen LogP contribution is 2.27. The Labute approximate surface area is 83.9 Å². The summed E-state index contributed by atoms with van der Waals surface area (Å²) in [4.78, 5) is 10.5. The van der Waals surface area contributed by atoms with Gasteiger partial charge in [0, 0.05) is 5.92 Å². The van der Waals surface area contributed by atoms with Gasteiger partial charge in [0.05, 0.1) is 5.92 Å². The van der Waals surface area contributed by atoms with E-state index in [0.29, 0.717) is 0 Å². The molecule has 14 heavy (non-hydrogen) atoms. The van der Waals surface area contributed by atoms with Gasteiger partial charge in [-0.3, -0.25) is 4.79 Å². The van der Waals surface area contributed by atoms with Crippen molar-refractivity contribution < 1.29 is 20.1 Å². The number of carboxylic acids is 1. The van der Waals surface area contributed by atoms with E-state index in [9.17, 15) is 15.0 Å². The molecule has 0 aromatic carbocycles. The molecule has 0 aliphatic rings. The van der Waals surface area contributed by atoms with Gasteiger partial charge in [-0.05, 0) is 18.9 Å². The van der Waals surface area contributed by atoms with Gasteiger partial charge in [0.1, 0.15) is 0 Å². The van der Waals surface area contributed by atoms with Gasteiger partial charge in [-0.2, -0.15) is 0 Å². The van der Waals surface area contributed by atoms with Crippen LogP contribution in [-0.4, -0.2) is 27.1 Å². The van der Waals surface area contributed by atoms with Crippen LogP contribution in [0.1, 0.15) is 27.2 Å². The van der Waals surface area contributed by atoms with Crippen molar-refractivity contribution in [3.05, 3.63) is 12.2 Å². The molecule has 2 unspecified atom stereocenters. The lowest BCUT2D eigenvalue weighted by Crippen LogP contribution is -2.38. The van der Waals surface area contributed by atoms with E-state index in [0.717, 1.165) is 0 Å². The Morgan fingerprint density at radius 3 is 2.14 bits per heavy atom. The van der Waals surface area contributed by atoms with Gasteiger partial charge >= 0.3 is 5.97 Å². The summed E-state index contributed by atoms with van der Waals surface area (Å²) in [6.07, 6.45) is 0.204. The molecule has 4 nitrogen and oxygen atoms in total. The van der Waals surface area contributed by atoms with E-state index in [1.165, 1.54) is 13.8 Å². The van der Waals surface area contributed by atoms with Crippen LogP contribution in [0, 0.1) is 11.8 Å². The lowest BCUT2D eigenvalue weighted by atomic mass is 9.87. The average molecular weight is 202 g/mol. The van der Waals surface area contributed by atoms with Crippen molar-refractivity contribution in [1.82, 2.24) is 0 Å². The van der Waals surface area contributed by atoms with Crippen molar-refractivity contribution in [3.63, 3.8) is 0 Å². The first kappa shape index (κ1) is 13.1. The first-order chi connectivity index (χ1) is 6.19. The second-order valence-electron chi connectivity index (χ2n) is 3.88. The van der Waals surface area contributed by atoms with Crippen molar-refractivity contribution in [2.24, 2.45) is 11.8 Å². The molecule has 2 atom stereocenters. The highest BCUT2D eigenvalue weighted by molar-refractivity contribution is 5.69. The normalized spacial score (nSPS) is 16.1. The lowest BCUT2D eigenvalue weighted by molar-refractivity contribution is -0.170. The summed E-state index contributed by atoms with van der Waals surface area (Å²) in [5.74, 6) is -4.06. The first-order valence-electron chi connectivity index (χ1n) is 4.53. The minimum atomic E-state index is -1.98. The largest absolute Gasteiger partial charge is 0.481 e. The van der Waals surface area contributed by atoms with Crippen molar-refractivity contribution in [2.45, 2.75) is 33.0 Å². The Bertz CT molecular complexity index is 232. The zero-order valence-corrected chi connectivity index (χ0v) is 8.82. The SMILES string of the molecule is C=C(C)C(O)(O)C(C)CC(C)C(=O)O. The van der Waals surface area contributed by atoms with Gasteiger partial charge in [0.25, 0.3) is 0 Å². The van der Waals surface area contributed by atoms with Crippen LogP contribution in [0.2, 0.25) is 0 Å². The van der Waals surface area contributed by atoms with Crippen LogP contribution in [0.25, 0.3) is 0 Å². The van der Waals surface area contributed by atoms with Crippen LogP contribution in [0.15, 0.2) is 12.2 Å². The molecule has 82 valence electrons. The molecule has 0 rings (SSSR count). The minimum Gasteiger partial charge on any atom is -0.481 e. The molecular weight excluding hydrogens is 184 g/mol. The summed E-state index contributed by atoms with van der Waals surface area (Å²) < 4.78 is 0. The molecule has 0 aliphatic heterocycles. The van der Waals surface area contributed by atoms with Crippen molar-refractivity contribution >= 4 is 5.97 Å². The van der Waals surface area contributed by atoms with Crippen molar-refractivity contribution in [2.75, 3.05) is 0 Å². The number of carboxylic acid groups (broad SMARTS) is 1. The van der Waals surface area contributed by atoms with Crippen LogP contribution in [0.5, 0.6) is 0 Å². The standard InChI is InChI=1S/C10H18O4/c1-6(2)10(13,14)8(4)5-7(3)9(11)12/h7-8,13-14H,1,5H2,2-4H3,(H,11,12). The Morgan fingerprint density at radius 2 is 1.86 bits per heavy atom. The smallest absolute Gasteiger partial charge is 0.306 e. The third kappa shape index (κ3) is 3.12. The number of aliphatic carboxylic acids is 1. The average Bonchev–Trinajstić information content (AvgIpc) is 2.03. The van der Waals surface area contributed by atoms with Crippen molar-refractivity contribution in [1.29, 1.82) is 0 Å². The quantitative estimate of drug-likeness (QED) is 0.459. The predicted molar refractivity (Wildman–Crippen MR) is 52.6 cm³/mol. The molecule has 0 heterocycles. The molecular formula is C10H18O4. The summed E-state index contributed by atoms with van der Waals surface area (Å²) in [5, 5.41) is 27.8. The number of hydrogen-bond acceptors (Lipinski definition) is 3. The highest BCUT2D eigenvalue weighted by atomic mass is 16.5. The van der Waals surface area contributed by atoms with E-state index < -0.39 is 23.6 Å². The molecule has 3 N–H and O–H groups in total. The van der Waals surface area contributed by atoms with Crippen LogP contribution in [0.3, 0.4) is 0 Å². The van der Waals surface area contributed by atoms with Crippen LogP contribution in [0.4, 0.5) is 0 Å². The topological polar surface area (TPSA) is 77.8 Å². The zero-order chi connectivity index (χ0) is 11.5. The molecule has 0 saturated carbocycles. The number of hydrogen-bond donors (Lipinski definition) is 3. The fourth-order valence-corrected chi connectivity index (χ4v) is 1.22. The van der Waals surface area contributed by atoms with Crippen molar-refractivity contribution in [3.8, 4) is 0 Å². The zero-order valence-electron chi connectivity index (χ0n) is 8.82. The molecule has 0 aliphatic carbocycles. The van der Waals surface area contributed by atoms with Crippen LogP contribution in [-0.2, 0) is 4.79 Å². The van der Waals surface area contributed by atoms with E-state index in [2.05, 4.69) is 6.58 Å². The number of aliphatic hydroxyl groups is 2. The Kier molecular flexibility index (Phi) is 4.29. The van der Waals surface area contributed by atoms with E-state index in [-0.39, 0.29) is 12.0 Å². The Morgan fingerprint density at radius 1 is 1.43 bits per heavy atom. The minimum absolute atomic E-state index is 0.204. The molecule has 0 fully saturated rings. The Balaban J connectivity index is 4.41. The molecule has 0 aromatic rings. The fourth-order valence-electron chi connectivity index (χ4n) is 1.22. The Hall–Kier alpha value is -0.870.